The minimum absolute atomic E-state index is 0.112. The van der Waals surface area contributed by atoms with Crippen molar-refractivity contribution in [3.63, 3.8) is 0 Å². The molecule has 2 amide bonds. The Morgan fingerprint density at radius 2 is 1.69 bits per heavy atom. The van der Waals surface area contributed by atoms with Gasteiger partial charge < -0.3 is 15.2 Å². The molecular weight excluding hydrogens is 330 g/mol. The van der Waals surface area contributed by atoms with E-state index in [1.54, 1.807) is 13.0 Å². The minimum Gasteiger partial charge on any atom is -0.360 e. The van der Waals surface area contributed by atoms with Crippen molar-refractivity contribution in [3.05, 3.63) is 47.2 Å². The van der Waals surface area contributed by atoms with Gasteiger partial charge in [0.05, 0.1) is 12.5 Å². The number of amides is 2. The van der Waals surface area contributed by atoms with E-state index in [1.165, 1.54) is 5.56 Å². The third kappa shape index (κ3) is 5.18. The molecule has 0 saturated heterocycles. The Morgan fingerprint density at radius 1 is 1.08 bits per heavy atom. The predicted molar refractivity (Wildman–Crippen MR) is 101 cm³/mol. The number of nitrogens with zero attached hydrogens (tertiary/aromatic N) is 1. The number of carbonyl (C=O) groups excluding carboxylic acids is 2. The zero-order valence-corrected chi connectivity index (χ0v) is 16.0. The average Bonchev–Trinajstić information content (AvgIpc) is 2.98. The molecule has 0 bridgehead atoms. The Morgan fingerprint density at radius 3 is 2.19 bits per heavy atom. The first-order valence-corrected chi connectivity index (χ1v) is 8.88. The Balaban J connectivity index is 1.98. The summed E-state index contributed by atoms with van der Waals surface area (Å²) in [7, 11) is 0. The Hall–Kier alpha value is -2.63. The van der Waals surface area contributed by atoms with Crippen molar-refractivity contribution in [2.75, 3.05) is 11.9 Å². The molecule has 0 radical (unpaired) electrons. The van der Waals surface area contributed by atoms with Crippen molar-refractivity contribution in [2.24, 2.45) is 5.92 Å². The molecule has 0 aliphatic heterocycles. The van der Waals surface area contributed by atoms with E-state index in [2.05, 4.69) is 41.8 Å². The van der Waals surface area contributed by atoms with E-state index in [0.717, 1.165) is 5.56 Å². The highest BCUT2D eigenvalue weighted by molar-refractivity contribution is 5.95. The number of aromatic nitrogens is 1. The summed E-state index contributed by atoms with van der Waals surface area (Å²) in [5.41, 5.74) is 2.19. The number of anilines is 1. The number of benzene rings is 1. The highest BCUT2D eigenvalue weighted by atomic mass is 16.5. The van der Waals surface area contributed by atoms with E-state index in [9.17, 15) is 9.59 Å². The number of aryl methyl sites for hydroxylation is 1. The molecular formula is C20H27N3O3. The van der Waals surface area contributed by atoms with Crippen LogP contribution in [0.2, 0.25) is 0 Å². The average molecular weight is 357 g/mol. The quantitative estimate of drug-likeness (QED) is 0.793. The molecule has 1 aromatic heterocycles. The lowest BCUT2D eigenvalue weighted by Gasteiger charge is -2.21. The van der Waals surface area contributed by atoms with Crippen LogP contribution in [-0.2, 0) is 9.59 Å². The Labute approximate surface area is 154 Å². The van der Waals surface area contributed by atoms with E-state index < -0.39 is 0 Å². The third-order valence-corrected chi connectivity index (χ3v) is 4.23. The molecule has 1 aromatic carbocycles. The van der Waals surface area contributed by atoms with Gasteiger partial charge in [-0.15, -0.1) is 0 Å². The van der Waals surface area contributed by atoms with Crippen molar-refractivity contribution < 1.29 is 14.1 Å². The van der Waals surface area contributed by atoms with Crippen LogP contribution in [0.25, 0.3) is 0 Å². The normalized spacial score (nSPS) is 12.3. The first kappa shape index (κ1) is 19.7. The van der Waals surface area contributed by atoms with Gasteiger partial charge in [-0.1, -0.05) is 57.1 Å². The van der Waals surface area contributed by atoms with Crippen molar-refractivity contribution in [1.82, 2.24) is 10.5 Å². The molecule has 0 spiro atoms. The summed E-state index contributed by atoms with van der Waals surface area (Å²) < 4.78 is 4.89. The molecule has 1 atom stereocenters. The molecule has 6 nitrogen and oxygen atoms in total. The number of nitrogens with one attached hydrogen (secondary N) is 2. The van der Waals surface area contributed by atoms with Crippen molar-refractivity contribution >= 4 is 17.6 Å². The van der Waals surface area contributed by atoms with Gasteiger partial charge in [-0.3, -0.25) is 9.59 Å². The molecule has 26 heavy (non-hydrogen) atoms. The predicted octanol–water partition coefficient (Wildman–Crippen LogP) is 3.60. The molecule has 0 aliphatic carbocycles. The van der Waals surface area contributed by atoms with Gasteiger partial charge in [-0.05, 0) is 29.9 Å². The molecule has 140 valence electrons. The van der Waals surface area contributed by atoms with Crippen LogP contribution >= 0.6 is 0 Å². The smallest absolute Gasteiger partial charge is 0.245 e. The Bertz CT molecular complexity index is 748. The van der Waals surface area contributed by atoms with Crippen LogP contribution in [0.4, 0.5) is 5.82 Å². The van der Waals surface area contributed by atoms with Gasteiger partial charge in [-0.25, -0.2) is 0 Å². The lowest BCUT2D eigenvalue weighted by Crippen LogP contribution is -2.37. The summed E-state index contributed by atoms with van der Waals surface area (Å²) in [6.07, 6.45) is 0. The van der Waals surface area contributed by atoms with E-state index in [0.29, 0.717) is 17.5 Å². The van der Waals surface area contributed by atoms with E-state index in [-0.39, 0.29) is 30.2 Å². The summed E-state index contributed by atoms with van der Waals surface area (Å²) in [4.78, 5) is 24.6. The van der Waals surface area contributed by atoms with E-state index in [4.69, 9.17) is 4.52 Å². The standard InChI is InChI=1S/C20H27N3O3/c1-12(2)15-6-8-16(9-7-15)19(13(3)4)20(25)21-11-18(24)22-17-10-14(5)26-23-17/h6-10,12-13,19H,11H2,1-5H3,(H,21,25)(H,22,23,24). The van der Waals surface area contributed by atoms with Crippen LogP contribution in [0.15, 0.2) is 34.9 Å². The van der Waals surface area contributed by atoms with Gasteiger partial charge in [0.1, 0.15) is 5.76 Å². The second-order valence-corrected chi connectivity index (χ2v) is 7.13. The highest BCUT2D eigenvalue weighted by Gasteiger charge is 2.24. The van der Waals surface area contributed by atoms with Crippen LogP contribution in [0.3, 0.4) is 0 Å². The fourth-order valence-electron chi connectivity index (χ4n) is 2.82. The fourth-order valence-corrected chi connectivity index (χ4v) is 2.82. The van der Waals surface area contributed by atoms with Gasteiger partial charge in [0, 0.05) is 6.07 Å². The topological polar surface area (TPSA) is 84.2 Å². The van der Waals surface area contributed by atoms with Gasteiger partial charge in [0.25, 0.3) is 0 Å². The zero-order chi connectivity index (χ0) is 19.3. The molecule has 0 saturated carbocycles. The first-order chi connectivity index (χ1) is 12.3. The zero-order valence-electron chi connectivity index (χ0n) is 16.0. The summed E-state index contributed by atoms with van der Waals surface area (Å²) in [5, 5.41) is 9.00. The molecule has 0 aliphatic rings. The van der Waals surface area contributed by atoms with Crippen molar-refractivity contribution in [3.8, 4) is 0 Å². The van der Waals surface area contributed by atoms with Gasteiger partial charge in [-0.2, -0.15) is 0 Å². The number of rotatable bonds is 7. The highest BCUT2D eigenvalue weighted by Crippen LogP contribution is 2.26. The monoisotopic (exact) mass is 357 g/mol. The van der Waals surface area contributed by atoms with Crippen molar-refractivity contribution in [2.45, 2.75) is 46.5 Å². The number of hydrogen-bond donors (Lipinski definition) is 2. The molecule has 6 heteroatoms. The summed E-state index contributed by atoms with van der Waals surface area (Å²) in [6.45, 7) is 9.89. The summed E-state index contributed by atoms with van der Waals surface area (Å²) in [5.74, 6) is 0.687. The first-order valence-electron chi connectivity index (χ1n) is 8.88. The van der Waals surface area contributed by atoms with E-state index in [1.807, 2.05) is 26.0 Å². The van der Waals surface area contributed by atoms with Crippen molar-refractivity contribution in [1.29, 1.82) is 0 Å². The summed E-state index contributed by atoms with van der Waals surface area (Å²) in [6, 6.07) is 9.73. The summed E-state index contributed by atoms with van der Waals surface area (Å²) >= 11 is 0. The lowest BCUT2D eigenvalue weighted by atomic mass is 9.86. The van der Waals surface area contributed by atoms with Crippen LogP contribution in [-0.4, -0.2) is 23.5 Å². The van der Waals surface area contributed by atoms with Crippen LogP contribution in [0, 0.1) is 12.8 Å². The van der Waals surface area contributed by atoms with Crippen LogP contribution < -0.4 is 10.6 Å². The maximum absolute atomic E-state index is 12.6. The largest absolute Gasteiger partial charge is 0.360 e. The molecule has 2 rings (SSSR count). The Kier molecular flexibility index (Phi) is 6.55. The lowest BCUT2D eigenvalue weighted by molar-refractivity contribution is -0.126. The molecule has 0 fully saturated rings. The van der Waals surface area contributed by atoms with Gasteiger partial charge in [0.15, 0.2) is 5.82 Å². The maximum atomic E-state index is 12.6. The van der Waals surface area contributed by atoms with Crippen LogP contribution in [0.5, 0.6) is 0 Å². The third-order valence-electron chi connectivity index (χ3n) is 4.23. The van der Waals surface area contributed by atoms with E-state index >= 15 is 0 Å². The molecule has 1 heterocycles. The SMILES string of the molecule is Cc1cc(NC(=O)CNC(=O)C(c2ccc(C(C)C)cc2)C(C)C)no1. The maximum Gasteiger partial charge on any atom is 0.245 e. The fraction of sp³-hybridized carbons (Fsp3) is 0.450. The number of carbonyl (C=O) groups is 2. The van der Waals surface area contributed by atoms with Gasteiger partial charge in [0.2, 0.25) is 11.8 Å². The molecule has 2 N–H and O–H groups in total. The molecule has 1 unspecified atom stereocenters. The minimum atomic E-state index is -0.343. The van der Waals surface area contributed by atoms with Crippen LogP contribution in [0.1, 0.15) is 56.4 Å². The van der Waals surface area contributed by atoms with Gasteiger partial charge >= 0.3 is 0 Å². The number of hydrogen-bond acceptors (Lipinski definition) is 4. The second-order valence-electron chi connectivity index (χ2n) is 7.13. The molecule has 2 aromatic rings. The second kappa shape index (κ2) is 8.65.